The monoisotopic (exact) mass is 478 g/mol. The molecule has 0 radical (unpaired) electrons. The lowest BCUT2D eigenvalue weighted by Crippen LogP contribution is -2.23. The van der Waals surface area contributed by atoms with Gasteiger partial charge in [-0.2, -0.15) is 4.99 Å². The molecule has 1 heterocycles. The molecule has 0 aliphatic carbocycles. The number of amides is 1. The van der Waals surface area contributed by atoms with Crippen molar-refractivity contribution in [3.05, 3.63) is 46.8 Å². The minimum atomic E-state index is -3.39. The molecule has 0 aliphatic heterocycles. The molecule has 0 atom stereocenters. The van der Waals surface area contributed by atoms with Crippen LogP contribution >= 0.6 is 11.3 Å². The Hall–Kier alpha value is -3.18. The maximum Gasteiger partial charge on any atom is 0.326 e. The van der Waals surface area contributed by atoms with Crippen molar-refractivity contribution < 1.29 is 32.2 Å². The number of aromatic nitrogens is 1. The van der Waals surface area contributed by atoms with Crippen LogP contribution in [0.3, 0.4) is 0 Å². The van der Waals surface area contributed by atoms with E-state index in [2.05, 4.69) is 4.99 Å². The van der Waals surface area contributed by atoms with Gasteiger partial charge >= 0.3 is 5.97 Å². The number of fused-ring (bicyclic) bond motifs is 1. The lowest BCUT2D eigenvalue weighted by molar-refractivity contribution is -0.143. The van der Waals surface area contributed by atoms with Gasteiger partial charge in [-0.25, -0.2) is 8.42 Å². The van der Waals surface area contributed by atoms with Crippen LogP contribution in [0, 0.1) is 0 Å². The average molecular weight is 479 g/mol. The van der Waals surface area contributed by atoms with Crippen LogP contribution in [-0.4, -0.2) is 51.9 Å². The lowest BCUT2D eigenvalue weighted by Gasteiger charge is -2.10. The first-order valence-electron chi connectivity index (χ1n) is 9.48. The molecule has 0 N–H and O–H groups in total. The second-order valence-electron chi connectivity index (χ2n) is 6.64. The van der Waals surface area contributed by atoms with Crippen LogP contribution < -0.4 is 14.3 Å². The SMILES string of the molecule is CCOC(=O)Cn1c(=NC(=O)c2ccc(S(C)(=O)=O)cc2)sc2c(OC)ccc(OC)c21. The van der Waals surface area contributed by atoms with E-state index in [9.17, 15) is 18.0 Å². The number of carbonyl (C=O) groups is 2. The number of thiazole rings is 1. The molecule has 9 nitrogen and oxygen atoms in total. The van der Waals surface area contributed by atoms with E-state index in [4.69, 9.17) is 14.2 Å². The molecular formula is C21H22N2O7S2. The minimum absolute atomic E-state index is 0.0998. The van der Waals surface area contributed by atoms with Crippen LogP contribution in [0.15, 0.2) is 46.3 Å². The highest BCUT2D eigenvalue weighted by molar-refractivity contribution is 7.90. The highest BCUT2D eigenvalue weighted by Crippen LogP contribution is 2.35. The second-order valence-corrected chi connectivity index (χ2v) is 9.63. The number of ether oxygens (including phenoxy) is 3. The van der Waals surface area contributed by atoms with Crippen molar-refractivity contribution >= 4 is 43.3 Å². The van der Waals surface area contributed by atoms with Gasteiger partial charge < -0.3 is 18.8 Å². The Morgan fingerprint density at radius 1 is 1.03 bits per heavy atom. The molecule has 0 saturated carbocycles. The Bertz CT molecular complexity index is 1340. The number of hydrogen-bond donors (Lipinski definition) is 0. The van der Waals surface area contributed by atoms with Crippen LogP contribution in [0.1, 0.15) is 17.3 Å². The molecule has 2 aromatic carbocycles. The van der Waals surface area contributed by atoms with Gasteiger partial charge in [0.1, 0.15) is 28.3 Å². The maximum absolute atomic E-state index is 12.8. The summed E-state index contributed by atoms with van der Waals surface area (Å²) in [6, 6.07) is 8.91. The number of nitrogens with zero attached hydrogens (tertiary/aromatic N) is 2. The molecule has 3 rings (SSSR count). The van der Waals surface area contributed by atoms with Gasteiger partial charge in [-0.3, -0.25) is 9.59 Å². The second kappa shape index (κ2) is 9.53. The standard InChI is InChI=1S/C21H22N2O7S2/c1-5-30-17(24)12-23-18-15(28-2)10-11-16(29-3)19(18)31-21(23)22-20(25)13-6-8-14(9-7-13)32(4,26)27/h6-11H,5,12H2,1-4H3. The van der Waals surface area contributed by atoms with Gasteiger partial charge in [0, 0.05) is 11.8 Å². The van der Waals surface area contributed by atoms with Crippen molar-refractivity contribution in [2.45, 2.75) is 18.4 Å². The molecule has 1 aromatic heterocycles. The number of methoxy groups -OCH3 is 2. The fraction of sp³-hybridized carbons (Fsp3) is 0.286. The molecule has 0 fully saturated rings. The number of carbonyl (C=O) groups excluding carboxylic acids is 2. The van der Waals surface area contributed by atoms with Crippen LogP contribution in [0.5, 0.6) is 11.5 Å². The van der Waals surface area contributed by atoms with E-state index in [1.165, 1.54) is 38.5 Å². The Morgan fingerprint density at radius 2 is 1.66 bits per heavy atom. The van der Waals surface area contributed by atoms with Gasteiger partial charge in [-0.15, -0.1) is 0 Å². The third-order valence-electron chi connectivity index (χ3n) is 4.51. The van der Waals surface area contributed by atoms with Gasteiger partial charge in [0.2, 0.25) is 0 Å². The van der Waals surface area contributed by atoms with Gasteiger partial charge in [0.25, 0.3) is 5.91 Å². The minimum Gasteiger partial charge on any atom is -0.495 e. The summed E-state index contributed by atoms with van der Waals surface area (Å²) in [7, 11) is -0.371. The predicted octanol–water partition coefficient (Wildman–Crippen LogP) is 2.43. The third-order valence-corrected chi connectivity index (χ3v) is 6.73. The molecule has 0 aliphatic rings. The van der Waals surface area contributed by atoms with E-state index in [0.717, 1.165) is 17.6 Å². The highest BCUT2D eigenvalue weighted by Gasteiger charge is 2.19. The summed E-state index contributed by atoms with van der Waals surface area (Å²) >= 11 is 1.16. The van der Waals surface area contributed by atoms with E-state index < -0.39 is 21.7 Å². The number of benzene rings is 2. The Labute approximate surface area is 188 Å². The molecule has 0 bridgehead atoms. The first-order valence-corrected chi connectivity index (χ1v) is 12.2. The van der Waals surface area contributed by atoms with Crippen molar-refractivity contribution in [3.63, 3.8) is 0 Å². The van der Waals surface area contributed by atoms with Gasteiger partial charge in [-0.05, 0) is 43.3 Å². The molecule has 0 unspecified atom stereocenters. The Kier molecular flexibility index (Phi) is 6.99. The van der Waals surface area contributed by atoms with Crippen molar-refractivity contribution in [1.82, 2.24) is 4.57 Å². The molecule has 0 spiro atoms. The summed E-state index contributed by atoms with van der Waals surface area (Å²) in [5.74, 6) is -0.0711. The summed E-state index contributed by atoms with van der Waals surface area (Å²) in [6.45, 7) is 1.73. The van der Waals surface area contributed by atoms with Crippen molar-refractivity contribution in [3.8, 4) is 11.5 Å². The molecule has 11 heteroatoms. The smallest absolute Gasteiger partial charge is 0.326 e. The molecule has 3 aromatic rings. The summed E-state index contributed by atoms with van der Waals surface area (Å²) < 4.78 is 41.4. The third kappa shape index (κ3) is 4.83. The lowest BCUT2D eigenvalue weighted by atomic mass is 10.2. The van der Waals surface area contributed by atoms with Crippen LogP contribution in [0.2, 0.25) is 0 Å². The van der Waals surface area contributed by atoms with E-state index in [0.29, 0.717) is 21.7 Å². The van der Waals surface area contributed by atoms with Crippen LogP contribution in [0.4, 0.5) is 0 Å². The average Bonchev–Trinajstić information content (AvgIpc) is 3.10. The van der Waals surface area contributed by atoms with Crippen LogP contribution in [0.25, 0.3) is 10.2 Å². The summed E-state index contributed by atoms with van der Waals surface area (Å²) in [4.78, 5) is 29.6. The maximum atomic E-state index is 12.8. The quantitative estimate of drug-likeness (QED) is 0.479. The molecule has 0 saturated heterocycles. The van der Waals surface area contributed by atoms with E-state index in [1.54, 1.807) is 23.6 Å². The number of esters is 1. The van der Waals surface area contributed by atoms with Gasteiger partial charge in [0.15, 0.2) is 14.6 Å². The van der Waals surface area contributed by atoms with E-state index in [1.807, 2.05) is 0 Å². The molecule has 1 amide bonds. The zero-order valence-corrected chi connectivity index (χ0v) is 19.6. The molecular weight excluding hydrogens is 456 g/mol. The predicted molar refractivity (Wildman–Crippen MR) is 119 cm³/mol. The van der Waals surface area contributed by atoms with Gasteiger partial charge in [-0.1, -0.05) is 11.3 Å². The first kappa shape index (κ1) is 23.5. The fourth-order valence-electron chi connectivity index (χ4n) is 3.02. The summed E-state index contributed by atoms with van der Waals surface area (Å²) in [5, 5.41) is 0. The fourth-order valence-corrected chi connectivity index (χ4v) is 4.79. The highest BCUT2D eigenvalue weighted by atomic mass is 32.2. The normalized spacial score (nSPS) is 12.1. The number of sulfone groups is 1. The first-order chi connectivity index (χ1) is 15.2. The van der Waals surface area contributed by atoms with E-state index >= 15 is 0 Å². The van der Waals surface area contributed by atoms with Crippen molar-refractivity contribution in [1.29, 1.82) is 0 Å². The zero-order valence-electron chi connectivity index (χ0n) is 17.9. The topological polar surface area (TPSA) is 113 Å². The van der Waals surface area contributed by atoms with E-state index in [-0.39, 0.29) is 28.4 Å². The van der Waals surface area contributed by atoms with Crippen LogP contribution in [-0.2, 0) is 25.9 Å². The van der Waals surface area contributed by atoms with Gasteiger partial charge in [0.05, 0.1) is 25.7 Å². The largest absolute Gasteiger partial charge is 0.495 e. The molecule has 32 heavy (non-hydrogen) atoms. The zero-order chi connectivity index (χ0) is 23.5. The number of hydrogen-bond acceptors (Lipinski definition) is 8. The summed E-state index contributed by atoms with van der Waals surface area (Å²) in [5.41, 5.74) is 0.750. The summed E-state index contributed by atoms with van der Waals surface area (Å²) in [6.07, 6.45) is 1.09. The molecule has 170 valence electrons. The Morgan fingerprint density at radius 3 is 2.22 bits per heavy atom. The number of rotatable bonds is 7. The van der Waals surface area contributed by atoms with Crippen molar-refractivity contribution in [2.75, 3.05) is 27.1 Å². The van der Waals surface area contributed by atoms with Crippen molar-refractivity contribution in [2.24, 2.45) is 4.99 Å². The Balaban J connectivity index is 2.18.